The molecule has 10 heteroatoms. The zero-order valence-electron chi connectivity index (χ0n) is 16.9. The number of carbonyl (C=O) groups is 1. The highest BCUT2D eigenvalue weighted by Crippen LogP contribution is 2.27. The van der Waals surface area contributed by atoms with Crippen molar-refractivity contribution in [2.24, 2.45) is 0 Å². The molecule has 3 rings (SSSR count). The Morgan fingerprint density at radius 2 is 1.66 bits per heavy atom. The van der Waals surface area contributed by atoms with Gasteiger partial charge in [0, 0.05) is 10.0 Å². The number of nitrogens with one attached hydrogen (secondary N) is 1. The molecule has 0 aliphatic rings. The molecule has 0 aromatic heterocycles. The smallest absolute Gasteiger partial charge is 0.262 e. The lowest BCUT2D eigenvalue weighted by Gasteiger charge is -2.23. The fourth-order valence-electron chi connectivity index (χ4n) is 2.82. The number of hydrogen-bond donors (Lipinski definition) is 1. The lowest BCUT2D eigenvalue weighted by atomic mass is 10.2. The molecule has 3 aromatic carbocycles. The van der Waals surface area contributed by atoms with E-state index in [1.165, 1.54) is 10.4 Å². The van der Waals surface area contributed by atoms with Crippen molar-refractivity contribution < 1.29 is 17.9 Å². The largest absolute Gasteiger partial charge is 0.484 e. The summed E-state index contributed by atoms with van der Waals surface area (Å²) in [4.78, 5) is 12.2. The Kier molecular flexibility index (Phi) is 7.90. The summed E-state index contributed by atoms with van der Waals surface area (Å²) in [5.74, 6) is -0.0259. The number of anilines is 2. The molecule has 0 saturated carbocycles. The molecule has 6 nitrogen and oxygen atoms in total. The molecule has 0 saturated heterocycles. The Balaban J connectivity index is 1.67. The zero-order chi connectivity index (χ0) is 23.3. The van der Waals surface area contributed by atoms with Crippen molar-refractivity contribution >= 4 is 62.1 Å². The molecule has 0 aliphatic carbocycles. The normalized spacial score (nSPS) is 11.1. The third-order valence-electron chi connectivity index (χ3n) is 4.37. The van der Waals surface area contributed by atoms with E-state index in [1.54, 1.807) is 60.7 Å². The van der Waals surface area contributed by atoms with E-state index >= 15 is 0 Å². The van der Waals surface area contributed by atoms with E-state index in [0.29, 0.717) is 37.8 Å². The van der Waals surface area contributed by atoms with Crippen LogP contribution in [0.4, 0.5) is 11.4 Å². The highest BCUT2D eigenvalue weighted by Gasteiger charge is 2.19. The SMILES string of the molecule is CS(=O)(=O)N(Cc1ccccc1Cl)c1ccc(OCC(=O)Nc2cc(Cl)ccc2Cl)cc1. The number of rotatable bonds is 8. The molecule has 0 unspecified atom stereocenters. The Hall–Kier alpha value is -2.45. The molecule has 1 N–H and O–H groups in total. The van der Waals surface area contributed by atoms with Crippen LogP contribution >= 0.6 is 34.8 Å². The Labute approximate surface area is 201 Å². The summed E-state index contributed by atoms with van der Waals surface area (Å²) in [6.07, 6.45) is 1.12. The van der Waals surface area contributed by atoms with Crippen LogP contribution in [0.2, 0.25) is 15.1 Å². The topological polar surface area (TPSA) is 75.7 Å². The summed E-state index contributed by atoms with van der Waals surface area (Å²) >= 11 is 18.1. The van der Waals surface area contributed by atoms with Crippen molar-refractivity contribution in [2.75, 3.05) is 22.5 Å². The lowest BCUT2D eigenvalue weighted by Crippen LogP contribution is -2.29. The van der Waals surface area contributed by atoms with E-state index in [9.17, 15) is 13.2 Å². The Morgan fingerprint density at radius 3 is 2.31 bits per heavy atom. The van der Waals surface area contributed by atoms with Crippen molar-refractivity contribution in [3.63, 3.8) is 0 Å². The van der Waals surface area contributed by atoms with Crippen LogP contribution in [0.3, 0.4) is 0 Å². The van der Waals surface area contributed by atoms with Crippen LogP contribution in [0, 0.1) is 0 Å². The van der Waals surface area contributed by atoms with Gasteiger partial charge in [-0.1, -0.05) is 53.0 Å². The predicted octanol–water partition coefficient (Wildman–Crippen LogP) is 5.63. The van der Waals surface area contributed by atoms with E-state index in [0.717, 1.165) is 6.26 Å². The van der Waals surface area contributed by atoms with Gasteiger partial charge < -0.3 is 10.1 Å². The third-order valence-corrected chi connectivity index (χ3v) is 6.44. The lowest BCUT2D eigenvalue weighted by molar-refractivity contribution is -0.118. The average molecular weight is 514 g/mol. The van der Waals surface area contributed by atoms with Gasteiger partial charge in [0.25, 0.3) is 5.91 Å². The van der Waals surface area contributed by atoms with Gasteiger partial charge in [-0.2, -0.15) is 0 Å². The molecule has 1 amide bonds. The quantitative estimate of drug-likeness (QED) is 0.423. The Bertz CT molecular complexity index is 1220. The molecule has 168 valence electrons. The maximum absolute atomic E-state index is 12.4. The van der Waals surface area contributed by atoms with Crippen molar-refractivity contribution in [3.05, 3.63) is 87.4 Å². The number of amides is 1. The van der Waals surface area contributed by atoms with E-state index in [-0.39, 0.29) is 13.2 Å². The van der Waals surface area contributed by atoms with Crippen LogP contribution in [0.25, 0.3) is 0 Å². The molecule has 0 spiro atoms. The first-order valence-corrected chi connectivity index (χ1v) is 12.3. The summed E-state index contributed by atoms with van der Waals surface area (Å²) in [6, 6.07) is 18.1. The molecule has 0 radical (unpaired) electrons. The average Bonchev–Trinajstić information content (AvgIpc) is 2.74. The first-order chi connectivity index (χ1) is 15.1. The minimum atomic E-state index is -3.57. The van der Waals surface area contributed by atoms with Crippen LogP contribution in [-0.2, 0) is 21.4 Å². The fourth-order valence-corrected chi connectivity index (χ4v) is 4.23. The fraction of sp³-hybridized carbons (Fsp3) is 0.136. The standard InChI is InChI=1S/C22H19Cl3N2O4S/c1-32(29,30)27(13-15-4-2-3-5-19(15)24)17-7-9-18(10-8-17)31-14-22(28)26-21-12-16(23)6-11-20(21)25/h2-12H,13-14H2,1H3,(H,26,28). The second-order valence-corrected chi connectivity index (χ2v) is 9.97. The number of sulfonamides is 1. The molecular weight excluding hydrogens is 495 g/mol. The molecule has 0 bridgehead atoms. The molecule has 0 fully saturated rings. The Morgan fingerprint density at radius 1 is 0.969 bits per heavy atom. The van der Waals surface area contributed by atoms with Crippen molar-refractivity contribution in [1.82, 2.24) is 0 Å². The molecule has 3 aromatic rings. The van der Waals surface area contributed by atoms with E-state index in [2.05, 4.69) is 5.32 Å². The minimum Gasteiger partial charge on any atom is -0.484 e. The van der Waals surface area contributed by atoms with Crippen molar-refractivity contribution in [1.29, 1.82) is 0 Å². The van der Waals surface area contributed by atoms with Gasteiger partial charge in [0.1, 0.15) is 5.75 Å². The minimum absolute atomic E-state index is 0.0848. The summed E-state index contributed by atoms with van der Waals surface area (Å²) in [5, 5.41) is 3.89. The van der Waals surface area contributed by atoms with Crippen molar-refractivity contribution in [2.45, 2.75) is 6.54 Å². The monoisotopic (exact) mass is 512 g/mol. The summed E-state index contributed by atoms with van der Waals surface area (Å²) < 4.78 is 31.4. The first kappa shape index (κ1) is 24.2. The number of carbonyl (C=O) groups excluding carboxylic acids is 1. The second kappa shape index (κ2) is 10.4. The van der Waals surface area contributed by atoms with Crippen LogP contribution in [0.1, 0.15) is 5.56 Å². The van der Waals surface area contributed by atoms with Gasteiger partial charge in [-0.3, -0.25) is 9.10 Å². The number of benzene rings is 3. The van der Waals surface area contributed by atoms with Crippen LogP contribution in [-0.4, -0.2) is 27.2 Å². The first-order valence-electron chi connectivity index (χ1n) is 9.32. The van der Waals surface area contributed by atoms with Gasteiger partial charge >= 0.3 is 0 Å². The highest BCUT2D eigenvalue weighted by atomic mass is 35.5. The van der Waals surface area contributed by atoms with Crippen LogP contribution in [0.5, 0.6) is 5.75 Å². The second-order valence-electron chi connectivity index (χ2n) is 6.82. The van der Waals surface area contributed by atoms with Gasteiger partial charge in [-0.15, -0.1) is 0 Å². The number of hydrogen-bond acceptors (Lipinski definition) is 4. The number of ether oxygens (including phenoxy) is 1. The number of halogens is 3. The van der Waals surface area contributed by atoms with E-state index in [1.807, 2.05) is 0 Å². The third kappa shape index (κ3) is 6.53. The number of nitrogens with zero attached hydrogens (tertiary/aromatic N) is 1. The zero-order valence-corrected chi connectivity index (χ0v) is 20.0. The maximum atomic E-state index is 12.4. The van der Waals surface area contributed by atoms with Crippen LogP contribution in [0.15, 0.2) is 66.7 Å². The molecule has 0 heterocycles. The van der Waals surface area contributed by atoms with Gasteiger partial charge in [0.05, 0.1) is 29.2 Å². The molecule has 0 atom stereocenters. The summed E-state index contributed by atoms with van der Waals surface area (Å²) in [6.45, 7) is -0.181. The van der Waals surface area contributed by atoms with E-state index in [4.69, 9.17) is 39.5 Å². The molecule has 0 aliphatic heterocycles. The van der Waals surface area contributed by atoms with Crippen molar-refractivity contribution in [3.8, 4) is 5.75 Å². The predicted molar refractivity (Wildman–Crippen MR) is 130 cm³/mol. The van der Waals surface area contributed by atoms with E-state index < -0.39 is 15.9 Å². The molecule has 32 heavy (non-hydrogen) atoms. The van der Waals surface area contributed by atoms with Gasteiger partial charge in [0.2, 0.25) is 10.0 Å². The maximum Gasteiger partial charge on any atom is 0.262 e. The summed E-state index contributed by atoms with van der Waals surface area (Å²) in [5.41, 5.74) is 1.50. The van der Waals surface area contributed by atoms with Gasteiger partial charge in [0.15, 0.2) is 6.61 Å². The molecular formula is C22H19Cl3N2O4S. The summed E-state index contributed by atoms with van der Waals surface area (Å²) in [7, 11) is -3.57. The highest BCUT2D eigenvalue weighted by molar-refractivity contribution is 7.92. The van der Waals surface area contributed by atoms with Crippen LogP contribution < -0.4 is 14.4 Å². The van der Waals surface area contributed by atoms with Gasteiger partial charge in [-0.05, 0) is 54.1 Å². The van der Waals surface area contributed by atoms with Gasteiger partial charge in [-0.25, -0.2) is 8.42 Å².